The minimum Gasteiger partial charge on any atom is -0.315 e. The van der Waals surface area contributed by atoms with Crippen LogP contribution in [0.1, 0.15) is 0 Å². The maximum atomic E-state index is 4.58. The Labute approximate surface area is 111 Å². The van der Waals surface area contributed by atoms with Crippen molar-refractivity contribution in [1.29, 1.82) is 0 Å². The molecule has 2 nitrogen and oxygen atoms in total. The molecule has 0 spiro atoms. The van der Waals surface area contributed by atoms with Crippen molar-refractivity contribution in [2.45, 2.75) is 0 Å². The van der Waals surface area contributed by atoms with Crippen LogP contribution in [-0.2, 0) is 0 Å². The van der Waals surface area contributed by atoms with Gasteiger partial charge in [-0.15, -0.1) is 0 Å². The van der Waals surface area contributed by atoms with Crippen molar-refractivity contribution in [1.82, 2.24) is 9.38 Å². The van der Waals surface area contributed by atoms with E-state index in [0.717, 1.165) is 11.4 Å². The molecule has 0 atom stereocenters. The molecule has 1 aromatic carbocycles. The third-order valence-corrected chi connectivity index (χ3v) is 3.46. The van der Waals surface area contributed by atoms with E-state index in [1.807, 2.05) is 24.4 Å². The Balaban J connectivity index is 1.99. The lowest BCUT2D eigenvalue weighted by atomic mass is 10.1. The van der Waals surface area contributed by atoms with Crippen molar-refractivity contribution in [3.63, 3.8) is 0 Å². The van der Waals surface area contributed by atoms with E-state index >= 15 is 0 Å². The standard InChI is InChI=1S/C17H12N2/c1-2-6-14-12-18-16(11-13(14)5-1)17-9-8-15-7-3-4-10-19(15)17/h1-12H. The van der Waals surface area contributed by atoms with Gasteiger partial charge in [0.2, 0.25) is 0 Å². The Morgan fingerprint density at radius 3 is 2.58 bits per heavy atom. The van der Waals surface area contributed by atoms with Crippen LogP contribution in [0.15, 0.2) is 73.1 Å². The molecule has 3 aromatic heterocycles. The highest BCUT2D eigenvalue weighted by atomic mass is 14.9. The zero-order valence-electron chi connectivity index (χ0n) is 10.3. The van der Waals surface area contributed by atoms with Crippen LogP contribution in [0.4, 0.5) is 0 Å². The van der Waals surface area contributed by atoms with Crippen molar-refractivity contribution >= 4 is 16.3 Å². The molecule has 0 aliphatic rings. The summed E-state index contributed by atoms with van der Waals surface area (Å²) < 4.78 is 2.16. The summed E-state index contributed by atoms with van der Waals surface area (Å²) in [5.41, 5.74) is 3.32. The first-order chi connectivity index (χ1) is 9.42. The fraction of sp³-hybridized carbons (Fsp3) is 0. The van der Waals surface area contributed by atoms with Gasteiger partial charge in [-0.25, -0.2) is 0 Å². The van der Waals surface area contributed by atoms with Gasteiger partial charge < -0.3 is 4.40 Å². The van der Waals surface area contributed by atoms with E-state index in [-0.39, 0.29) is 0 Å². The molecule has 4 aromatic rings. The van der Waals surface area contributed by atoms with E-state index in [4.69, 9.17) is 0 Å². The molecular weight excluding hydrogens is 232 g/mol. The molecule has 3 heterocycles. The summed E-state index contributed by atoms with van der Waals surface area (Å²) in [5, 5.41) is 2.39. The number of hydrogen-bond acceptors (Lipinski definition) is 1. The molecule has 19 heavy (non-hydrogen) atoms. The minimum atomic E-state index is 1.00. The first-order valence-corrected chi connectivity index (χ1v) is 6.33. The van der Waals surface area contributed by atoms with E-state index in [1.54, 1.807) is 0 Å². The SMILES string of the molecule is c1ccc2cc(-c3ccc4ccccn34)ncc2c1. The third-order valence-electron chi connectivity index (χ3n) is 3.46. The first-order valence-electron chi connectivity index (χ1n) is 6.33. The zero-order valence-corrected chi connectivity index (χ0v) is 10.3. The van der Waals surface area contributed by atoms with E-state index in [1.165, 1.54) is 16.3 Å². The number of benzene rings is 1. The number of fused-ring (bicyclic) bond motifs is 2. The zero-order chi connectivity index (χ0) is 12.7. The van der Waals surface area contributed by atoms with Crippen molar-refractivity contribution in [3.8, 4) is 11.4 Å². The van der Waals surface area contributed by atoms with Crippen LogP contribution in [0.5, 0.6) is 0 Å². The Morgan fingerprint density at radius 2 is 1.63 bits per heavy atom. The molecule has 0 unspecified atom stereocenters. The maximum Gasteiger partial charge on any atom is 0.0876 e. The van der Waals surface area contributed by atoms with Crippen molar-refractivity contribution in [2.24, 2.45) is 0 Å². The van der Waals surface area contributed by atoms with Gasteiger partial charge in [0, 0.05) is 23.3 Å². The van der Waals surface area contributed by atoms with E-state index < -0.39 is 0 Å². The van der Waals surface area contributed by atoms with Gasteiger partial charge in [0.1, 0.15) is 0 Å². The smallest absolute Gasteiger partial charge is 0.0876 e. The molecular formula is C17H12N2. The van der Waals surface area contributed by atoms with Crippen LogP contribution in [0.2, 0.25) is 0 Å². The van der Waals surface area contributed by atoms with E-state index in [2.05, 4.69) is 58.0 Å². The Kier molecular flexibility index (Phi) is 2.15. The average Bonchev–Trinajstić information content (AvgIpc) is 2.91. The molecule has 0 bridgehead atoms. The summed E-state index contributed by atoms with van der Waals surface area (Å²) in [4.78, 5) is 4.58. The summed E-state index contributed by atoms with van der Waals surface area (Å²) in [6, 6.07) is 20.9. The molecule has 0 amide bonds. The normalized spacial score (nSPS) is 11.2. The highest BCUT2D eigenvalue weighted by Crippen LogP contribution is 2.23. The third kappa shape index (κ3) is 1.61. The van der Waals surface area contributed by atoms with E-state index in [0.29, 0.717) is 0 Å². The number of pyridine rings is 2. The maximum absolute atomic E-state index is 4.58. The molecule has 90 valence electrons. The lowest BCUT2D eigenvalue weighted by Gasteiger charge is -2.04. The predicted molar refractivity (Wildman–Crippen MR) is 78.1 cm³/mol. The molecule has 0 aliphatic carbocycles. The Morgan fingerprint density at radius 1 is 0.789 bits per heavy atom. The average molecular weight is 244 g/mol. The van der Waals surface area contributed by atoms with Crippen molar-refractivity contribution < 1.29 is 0 Å². The summed E-state index contributed by atoms with van der Waals surface area (Å²) in [7, 11) is 0. The quantitative estimate of drug-likeness (QED) is 0.491. The summed E-state index contributed by atoms with van der Waals surface area (Å²) in [6.45, 7) is 0. The molecule has 0 saturated heterocycles. The van der Waals surface area contributed by atoms with Gasteiger partial charge in [-0.1, -0.05) is 30.3 Å². The summed E-state index contributed by atoms with van der Waals surface area (Å²) in [5.74, 6) is 0. The van der Waals surface area contributed by atoms with Crippen LogP contribution < -0.4 is 0 Å². The molecule has 0 fully saturated rings. The molecule has 4 rings (SSSR count). The van der Waals surface area contributed by atoms with Crippen molar-refractivity contribution in [3.05, 3.63) is 73.1 Å². The molecule has 2 heteroatoms. The Hall–Kier alpha value is -2.61. The van der Waals surface area contributed by atoms with Gasteiger partial charge in [-0.2, -0.15) is 0 Å². The van der Waals surface area contributed by atoms with E-state index in [9.17, 15) is 0 Å². The lowest BCUT2D eigenvalue weighted by Crippen LogP contribution is -1.89. The van der Waals surface area contributed by atoms with Crippen LogP contribution in [0, 0.1) is 0 Å². The summed E-state index contributed by atoms with van der Waals surface area (Å²) >= 11 is 0. The second kappa shape index (κ2) is 3.95. The minimum absolute atomic E-state index is 1.00. The highest BCUT2D eigenvalue weighted by Gasteiger charge is 2.05. The molecule has 0 saturated carbocycles. The van der Waals surface area contributed by atoms with Gasteiger partial charge in [-0.3, -0.25) is 4.98 Å². The van der Waals surface area contributed by atoms with Gasteiger partial charge in [0.05, 0.1) is 11.4 Å². The van der Waals surface area contributed by atoms with Gasteiger partial charge >= 0.3 is 0 Å². The van der Waals surface area contributed by atoms with Crippen LogP contribution >= 0.6 is 0 Å². The van der Waals surface area contributed by atoms with Crippen LogP contribution in [0.3, 0.4) is 0 Å². The Bertz CT molecular complexity index is 874. The second-order valence-electron chi connectivity index (χ2n) is 4.63. The fourth-order valence-corrected chi connectivity index (χ4v) is 2.49. The van der Waals surface area contributed by atoms with Crippen LogP contribution in [-0.4, -0.2) is 9.38 Å². The number of aromatic nitrogens is 2. The summed E-state index contributed by atoms with van der Waals surface area (Å²) in [6.07, 6.45) is 4.01. The topological polar surface area (TPSA) is 17.3 Å². The monoisotopic (exact) mass is 244 g/mol. The second-order valence-corrected chi connectivity index (χ2v) is 4.63. The predicted octanol–water partition coefficient (Wildman–Crippen LogP) is 4.15. The molecule has 0 N–H and O–H groups in total. The van der Waals surface area contributed by atoms with Gasteiger partial charge in [0.25, 0.3) is 0 Å². The number of nitrogens with zero attached hydrogens (tertiary/aromatic N) is 2. The van der Waals surface area contributed by atoms with Gasteiger partial charge in [0.15, 0.2) is 0 Å². The molecule has 0 aliphatic heterocycles. The first kappa shape index (κ1) is 10.3. The van der Waals surface area contributed by atoms with Crippen LogP contribution in [0.25, 0.3) is 27.7 Å². The fourth-order valence-electron chi connectivity index (χ4n) is 2.49. The van der Waals surface area contributed by atoms with Crippen molar-refractivity contribution in [2.75, 3.05) is 0 Å². The number of rotatable bonds is 1. The number of hydrogen-bond donors (Lipinski definition) is 0. The largest absolute Gasteiger partial charge is 0.315 e. The molecule has 0 radical (unpaired) electrons. The highest BCUT2D eigenvalue weighted by molar-refractivity contribution is 5.85. The van der Waals surface area contributed by atoms with Gasteiger partial charge in [-0.05, 0) is 35.7 Å². The lowest BCUT2D eigenvalue weighted by molar-refractivity contribution is 1.18.